The quantitative estimate of drug-likeness (QED) is 0.517. The third-order valence-electron chi connectivity index (χ3n) is 2.53. The lowest BCUT2D eigenvalue weighted by molar-refractivity contribution is 0.626. The van der Waals surface area contributed by atoms with E-state index in [1.807, 2.05) is 0 Å². The molecule has 0 fully saturated rings. The fourth-order valence-electron chi connectivity index (χ4n) is 1.48. The van der Waals surface area contributed by atoms with Crippen LogP contribution in [0.25, 0.3) is 0 Å². The van der Waals surface area contributed by atoms with Gasteiger partial charge < -0.3 is 5.73 Å². The summed E-state index contributed by atoms with van der Waals surface area (Å²) < 4.78 is 13.3. The van der Waals surface area contributed by atoms with Crippen molar-refractivity contribution in [3.63, 3.8) is 0 Å². The smallest absolute Gasteiger partial charge is 0.234 e. The predicted molar refractivity (Wildman–Crippen MR) is 87.8 cm³/mol. The van der Waals surface area contributed by atoms with Gasteiger partial charge in [-0.1, -0.05) is 41.9 Å². The molecule has 22 heavy (non-hydrogen) atoms. The van der Waals surface area contributed by atoms with Crippen LogP contribution in [0.2, 0.25) is 5.02 Å². The molecule has 2 aromatic carbocycles. The van der Waals surface area contributed by atoms with Crippen LogP contribution in [0, 0.1) is 5.82 Å². The molecule has 0 bridgehead atoms. The van der Waals surface area contributed by atoms with E-state index < -0.39 is 0 Å². The van der Waals surface area contributed by atoms with Crippen molar-refractivity contribution >= 4 is 30.0 Å². The van der Waals surface area contributed by atoms with Crippen molar-refractivity contribution in [1.82, 2.24) is 5.43 Å². The molecular formula is C15H13ClFN5. The number of nitrogens with two attached hydrogens (primary N) is 1. The van der Waals surface area contributed by atoms with Crippen LogP contribution in [0.5, 0.6) is 0 Å². The van der Waals surface area contributed by atoms with Crippen LogP contribution in [0.4, 0.5) is 4.39 Å². The normalized spacial score (nSPS) is 12.2. The Labute approximate surface area is 132 Å². The highest BCUT2D eigenvalue weighted by Gasteiger charge is 1.95. The Bertz CT molecular complexity index is 710. The first-order chi connectivity index (χ1) is 10.6. The summed E-state index contributed by atoms with van der Waals surface area (Å²) in [6.07, 6.45) is 2.83. The largest absolute Gasteiger partial charge is 0.367 e. The Balaban J connectivity index is 1.90. The molecule has 2 aromatic rings. The Hall–Kier alpha value is -2.73. The zero-order valence-electron chi connectivity index (χ0n) is 11.4. The van der Waals surface area contributed by atoms with Crippen LogP contribution in [0.15, 0.2) is 63.8 Å². The molecule has 0 heterocycles. The van der Waals surface area contributed by atoms with E-state index in [1.165, 1.54) is 12.3 Å². The Kier molecular flexibility index (Phi) is 5.62. The average Bonchev–Trinajstić information content (AvgIpc) is 2.51. The zero-order chi connectivity index (χ0) is 15.8. The third-order valence-corrected chi connectivity index (χ3v) is 2.78. The van der Waals surface area contributed by atoms with Crippen LogP contribution in [-0.2, 0) is 0 Å². The molecule has 3 N–H and O–H groups in total. The highest BCUT2D eigenvalue weighted by molar-refractivity contribution is 6.30. The van der Waals surface area contributed by atoms with Crippen LogP contribution in [0.3, 0.4) is 0 Å². The van der Waals surface area contributed by atoms with Gasteiger partial charge >= 0.3 is 0 Å². The molecule has 0 aliphatic carbocycles. The first kappa shape index (κ1) is 15.7. The number of guanidine groups is 1. The summed E-state index contributed by atoms with van der Waals surface area (Å²) in [5.41, 5.74) is 9.23. The van der Waals surface area contributed by atoms with Gasteiger partial charge in [0.1, 0.15) is 5.82 Å². The lowest BCUT2D eigenvalue weighted by Gasteiger charge is -1.97. The minimum absolute atomic E-state index is 0.0159. The number of rotatable bonds is 4. The van der Waals surface area contributed by atoms with Gasteiger partial charge in [-0.05, 0) is 23.8 Å². The molecule has 0 radical (unpaired) electrons. The highest BCUT2D eigenvalue weighted by atomic mass is 35.5. The number of nitrogens with zero attached hydrogens (tertiary/aromatic N) is 3. The van der Waals surface area contributed by atoms with Crippen LogP contribution < -0.4 is 11.2 Å². The second-order valence-electron chi connectivity index (χ2n) is 4.17. The van der Waals surface area contributed by atoms with Crippen molar-refractivity contribution in [3.8, 4) is 0 Å². The van der Waals surface area contributed by atoms with E-state index in [4.69, 9.17) is 17.3 Å². The van der Waals surface area contributed by atoms with Gasteiger partial charge in [-0.15, -0.1) is 5.10 Å². The van der Waals surface area contributed by atoms with E-state index in [9.17, 15) is 4.39 Å². The minimum atomic E-state index is -0.381. The second kappa shape index (κ2) is 7.90. The van der Waals surface area contributed by atoms with Crippen LogP contribution in [0.1, 0.15) is 11.1 Å². The lowest BCUT2D eigenvalue weighted by Crippen LogP contribution is -2.26. The number of halogens is 2. The minimum Gasteiger partial charge on any atom is -0.367 e. The van der Waals surface area contributed by atoms with E-state index in [1.54, 1.807) is 48.7 Å². The van der Waals surface area contributed by atoms with Gasteiger partial charge in [-0.2, -0.15) is 10.2 Å². The van der Waals surface area contributed by atoms with Crippen molar-refractivity contribution < 1.29 is 4.39 Å². The highest BCUT2D eigenvalue weighted by Crippen LogP contribution is 2.07. The van der Waals surface area contributed by atoms with Gasteiger partial charge in [-0.3, -0.25) is 0 Å². The first-order valence-corrected chi connectivity index (χ1v) is 6.68. The number of benzene rings is 2. The van der Waals surface area contributed by atoms with Crippen LogP contribution in [-0.4, -0.2) is 18.4 Å². The maximum Gasteiger partial charge on any atom is 0.234 e. The molecule has 0 aliphatic heterocycles. The third kappa shape index (κ3) is 4.99. The molecule has 0 aliphatic rings. The number of hydrogen-bond donors (Lipinski definition) is 2. The first-order valence-electron chi connectivity index (χ1n) is 6.31. The van der Waals surface area contributed by atoms with E-state index in [2.05, 4.69) is 20.7 Å². The Morgan fingerprint density at radius 2 is 1.82 bits per heavy atom. The molecule has 2 rings (SSSR count). The van der Waals surface area contributed by atoms with Crippen LogP contribution >= 0.6 is 11.6 Å². The summed E-state index contributed by atoms with van der Waals surface area (Å²) >= 11 is 5.77. The number of hydrogen-bond acceptors (Lipinski definition) is 3. The van der Waals surface area contributed by atoms with Crippen molar-refractivity contribution in [1.29, 1.82) is 0 Å². The maximum absolute atomic E-state index is 13.3. The molecule has 5 nitrogen and oxygen atoms in total. The Morgan fingerprint density at radius 3 is 2.55 bits per heavy atom. The van der Waals surface area contributed by atoms with E-state index >= 15 is 0 Å². The van der Waals surface area contributed by atoms with E-state index in [0.717, 1.165) is 5.56 Å². The summed E-state index contributed by atoms with van der Waals surface area (Å²) in [5, 5.41) is 11.9. The molecule has 0 atom stereocenters. The number of hydrazone groups is 1. The SMILES string of the molecule is NC(=NN=Cc1ccccc1F)NN=Cc1ccc(Cl)cc1. The topological polar surface area (TPSA) is 75.1 Å². The average molecular weight is 318 g/mol. The predicted octanol–water partition coefficient (Wildman–Crippen LogP) is 2.75. The molecule has 0 saturated heterocycles. The van der Waals surface area contributed by atoms with Crippen molar-refractivity contribution in [2.75, 3.05) is 0 Å². The molecule has 0 amide bonds. The molecule has 0 aromatic heterocycles. The van der Waals surface area contributed by atoms with Crippen molar-refractivity contribution in [2.24, 2.45) is 21.0 Å². The van der Waals surface area contributed by atoms with E-state index in [0.29, 0.717) is 10.6 Å². The van der Waals surface area contributed by atoms with Gasteiger partial charge in [0, 0.05) is 10.6 Å². The molecular weight excluding hydrogens is 305 g/mol. The van der Waals surface area contributed by atoms with Gasteiger partial charge in [-0.25, -0.2) is 9.82 Å². The second-order valence-corrected chi connectivity index (χ2v) is 4.61. The lowest BCUT2D eigenvalue weighted by atomic mass is 10.2. The fourth-order valence-corrected chi connectivity index (χ4v) is 1.60. The Morgan fingerprint density at radius 1 is 1.09 bits per heavy atom. The molecule has 0 spiro atoms. The van der Waals surface area contributed by atoms with E-state index in [-0.39, 0.29) is 11.8 Å². The number of nitrogens with one attached hydrogen (secondary N) is 1. The van der Waals surface area contributed by atoms with Gasteiger partial charge in [0.15, 0.2) is 0 Å². The van der Waals surface area contributed by atoms with Crippen molar-refractivity contribution in [3.05, 3.63) is 70.5 Å². The molecule has 7 heteroatoms. The van der Waals surface area contributed by atoms with Gasteiger partial charge in [0.25, 0.3) is 0 Å². The van der Waals surface area contributed by atoms with Gasteiger partial charge in [0.2, 0.25) is 5.96 Å². The maximum atomic E-state index is 13.3. The molecule has 112 valence electrons. The summed E-state index contributed by atoms with van der Waals surface area (Å²) in [6.45, 7) is 0. The standard InChI is InChI=1S/C15H13ClFN5/c16-13-7-5-11(6-8-13)9-19-21-15(18)22-20-10-12-3-1-2-4-14(12)17/h1-10H,(H3,18,21,22). The zero-order valence-corrected chi connectivity index (χ0v) is 12.2. The fraction of sp³-hybridized carbons (Fsp3) is 0. The molecule has 0 unspecified atom stereocenters. The van der Waals surface area contributed by atoms with Gasteiger partial charge in [0.05, 0.1) is 12.4 Å². The summed E-state index contributed by atoms with van der Waals surface area (Å²) in [6, 6.07) is 13.3. The summed E-state index contributed by atoms with van der Waals surface area (Å²) in [7, 11) is 0. The monoisotopic (exact) mass is 317 g/mol. The summed E-state index contributed by atoms with van der Waals surface area (Å²) in [5.74, 6) is -0.397. The van der Waals surface area contributed by atoms with Crippen molar-refractivity contribution in [2.45, 2.75) is 0 Å². The summed E-state index contributed by atoms with van der Waals surface area (Å²) in [4.78, 5) is 0. The molecule has 0 saturated carbocycles.